The maximum Gasteiger partial charge on any atom is 0.271 e. The van der Waals surface area contributed by atoms with Crippen LogP contribution in [0.4, 0.5) is 0 Å². The average molecular weight is 377 g/mol. The highest BCUT2D eigenvalue weighted by molar-refractivity contribution is 9.10. The first-order chi connectivity index (χ1) is 10.6. The van der Waals surface area contributed by atoms with E-state index in [0.29, 0.717) is 17.1 Å². The van der Waals surface area contributed by atoms with Gasteiger partial charge in [0.25, 0.3) is 5.91 Å². The monoisotopic (exact) mass is 375 g/mol. The van der Waals surface area contributed by atoms with E-state index in [-0.39, 0.29) is 11.6 Å². The molecule has 110 valence electrons. The summed E-state index contributed by atoms with van der Waals surface area (Å²) in [4.78, 5) is 20.7. The van der Waals surface area contributed by atoms with E-state index in [9.17, 15) is 4.79 Å². The van der Waals surface area contributed by atoms with E-state index in [4.69, 9.17) is 11.6 Å². The second-order valence-corrected chi connectivity index (χ2v) is 5.99. The van der Waals surface area contributed by atoms with E-state index < -0.39 is 0 Å². The van der Waals surface area contributed by atoms with Gasteiger partial charge in [-0.3, -0.25) is 9.78 Å². The van der Waals surface area contributed by atoms with Gasteiger partial charge in [-0.05, 0) is 29.8 Å². The molecule has 0 unspecified atom stereocenters. The number of para-hydroxylation sites is 2. The highest BCUT2D eigenvalue weighted by atomic mass is 79.9. The Morgan fingerprint density at radius 1 is 1.18 bits per heavy atom. The summed E-state index contributed by atoms with van der Waals surface area (Å²) in [7, 11) is 0. The van der Waals surface area contributed by atoms with E-state index in [0.717, 1.165) is 15.6 Å². The van der Waals surface area contributed by atoms with Crippen LogP contribution in [0.3, 0.4) is 0 Å². The molecule has 1 aromatic heterocycles. The molecule has 0 aliphatic rings. The zero-order valence-electron chi connectivity index (χ0n) is 11.4. The van der Waals surface area contributed by atoms with Crippen LogP contribution in [0.2, 0.25) is 5.02 Å². The lowest BCUT2D eigenvalue weighted by atomic mass is 10.2. The number of nitrogens with one attached hydrogen (secondary N) is 1. The number of halogens is 2. The molecule has 0 saturated heterocycles. The molecule has 0 aliphatic heterocycles. The summed E-state index contributed by atoms with van der Waals surface area (Å²) in [6.45, 7) is 0.333. The number of hydrogen-bond donors (Lipinski definition) is 1. The average Bonchev–Trinajstić information content (AvgIpc) is 2.53. The third-order valence-corrected chi connectivity index (χ3v) is 3.98. The largest absolute Gasteiger partial charge is 0.347 e. The topological polar surface area (TPSA) is 54.9 Å². The van der Waals surface area contributed by atoms with Crippen molar-refractivity contribution in [3.05, 3.63) is 69.4 Å². The summed E-state index contributed by atoms with van der Waals surface area (Å²) >= 11 is 9.47. The molecule has 3 rings (SSSR count). The normalized spacial score (nSPS) is 10.6. The number of hydrogen-bond acceptors (Lipinski definition) is 3. The lowest BCUT2D eigenvalue weighted by Gasteiger charge is -2.07. The van der Waals surface area contributed by atoms with Gasteiger partial charge in [0, 0.05) is 16.0 Å². The Morgan fingerprint density at radius 3 is 2.73 bits per heavy atom. The van der Waals surface area contributed by atoms with Crippen LogP contribution in [0.1, 0.15) is 16.1 Å². The van der Waals surface area contributed by atoms with Gasteiger partial charge in [0.05, 0.1) is 17.2 Å². The van der Waals surface area contributed by atoms with E-state index in [1.165, 1.54) is 6.20 Å². The lowest BCUT2D eigenvalue weighted by Crippen LogP contribution is -2.24. The van der Waals surface area contributed by atoms with Crippen molar-refractivity contribution >= 4 is 44.5 Å². The predicted octanol–water partition coefficient (Wildman–Crippen LogP) is 3.98. The summed E-state index contributed by atoms with van der Waals surface area (Å²) in [6.07, 6.45) is 1.47. The van der Waals surface area contributed by atoms with E-state index in [2.05, 4.69) is 31.2 Å². The van der Waals surface area contributed by atoms with Gasteiger partial charge in [0.2, 0.25) is 0 Å². The molecule has 3 aromatic rings. The van der Waals surface area contributed by atoms with Gasteiger partial charge >= 0.3 is 0 Å². The standard InChI is InChI=1S/C16H11BrClN3O/c17-11-6-5-10(12(18)7-11)8-20-16(22)15-9-19-13-3-1-2-4-14(13)21-15/h1-7,9H,8H2,(H,20,22). The Balaban J connectivity index is 1.75. The maximum absolute atomic E-state index is 12.2. The van der Waals surface area contributed by atoms with Crippen LogP contribution in [0, 0.1) is 0 Å². The SMILES string of the molecule is O=C(NCc1ccc(Br)cc1Cl)c1cnc2ccccc2n1. The number of benzene rings is 2. The highest BCUT2D eigenvalue weighted by Crippen LogP contribution is 2.21. The van der Waals surface area contributed by atoms with Crippen molar-refractivity contribution < 1.29 is 4.79 Å². The molecule has 1 heterocycles. The fourth-order valence-corrected chi connectivity index (χ4v) is 2.74. The van der Waals surface area contributed by atoms with Crippen LogP contribution >= 0.6 is 27.5 Å². The van der Waals surface area contributed by atoms with Gasteiger partial charge in [-0.25, -0.2) is 4.98 Å². The fourth-order valence-electron chi connectivity index (χ4n) is 2.00. The Bertz CT molecular complexity index is 854. The molecule has 0 aliphatic carbocycles. The van der Waals surface area contributed by atoms with Gasteiger partial charge < -0.3 is 5.32 Å². The predicted molar refractivity (Wildman–Crippen MR) is 89.9 cm³/mol. The van der Waals surface area contributed by atoms with Crippen molar-refractivity contribution in [3.63, 3.8) is 0 Å². The van der Waals surface area contributed by atoms with E-state index in [1.54, 1.807) is 6.07 Å². The number of aromatic nitrogens is 2. The number of carbonyl (C=O) groups is 1. The number of amides is 1. The van der Waals surface area contributed by atoms with Crippen LogP contribution in [0.5, 0.6) is 0 Å². The summed E-state index contributed by atoms with van der Waals surface area (Å²) in [5.41, 5.74) is 2.57. The molecule has 6 heteroatoms. The van der Waals surface area contributed by atoms with Crippen molar-refractivity contribution in [3.8, 4) is 0 Å². The van der Waals surface area contributed by atoms with E-state index in [1.807, 2.05) is 36.4 Å². The summed E-state index contributed by atoms with van der Waals surface area (Å²) in [5.74, 6) is -0.280. The van der Waals surface area contributed by atoms with Gasteiger partial charge in [-0.2, -0.15) is 0 Å². The smallest absolute Gasteiger partial charge is 0.271 e. The molecule has 0 bridgehead atoms. The van der Waals surface area contributed by atoms with Crippen molar-refractivity contribution in [2.45, 2.75) is 6.54 Å². The van der Waals surface area contributed by atoms with Gasteiger partial charge in [-0.15, -0.1) is 0 Å². The molecule has 0 saturated carbocycles. The number of nitrogens with zero attached hydrogens (tertiary/aromatic N) is 2. The van der Waals surface area contributed by atoms with Gasteiger partial charge in [0.15, 0.2) is 0 Å². The minimum atomic E-state index is -0.280. The summed E-state index contributed by atoms with van der Waals surface area (Å²) in [6, 6.07) is 12.9. The quantitative estimate of drug-likeness (QED) is 0.752. The van der Waals surface area contributed by atoms with Crippen LogP contribution in [0.25, 0.3) is 11.0 Å². The molecule has 0 atom stereocenters. The molecule has 0 radical (unpaired) electrons. The van der Waals surface area contributed by atoms with Crippen LogP contribution in [-0.2, 0) is 6.54 Å². The Morgan fingerprint density at radius 2 is 1.95 bits per heavy atom. The molecule has 1 N–H and O–H groups in total. The molecule has 0 fully saturated rings. The minimum absolute atomic E-state index is 0.280. The second kappa shape index (κ2) is 6.42. The highest BCUT2D eigenvalue weighted by Gasteiger charge is 2.10. The molecule has 2 aromatic carbocycles. The van der Waals surface area contributed by atoms with Crippen molar-refractivity contribution in [2.24, 2.45) is 0 Å². The van der Waals surface area contributed by atoms with Crippen molar-refractivity contribution in [2.75, 3.05) is 0 Å². The fraction of sp³-hybridized carbons (Fsp3) is 0.0625. The Hall–Kier alpha value is -1.98. The third kappa shape index (κ3) is 3.26. The number of rotatable bonds is 3. The molecule has 22 heavy (non-hydrogen) atoms. The number of carbonyl (C=O) groups excluding carboxylic acids is 1. The van der Waals surface area contributed by atoms with Crippen molar-refractivity contribution in [1.82, 2.24) is 15.3 Å². The first kappa shape index (κ1) is 14.9. The van der Waals surface area contributed by atoms with Crippen molar-refractivity contribution in [1.29, 1.82) is 0 Å². The summed E-state index contributed by atoms with van der Waals surface area (Å²) in [5, 5.41) is 3.40. The Kier molecular flexibility index (Phi) is 4.36. The van der Waals surface area contributed by atoms with Crippen LogP contribution in [-0.4, -0.2) is 15.9 Å². The summed E-state index contributed by atoms with van der Waals surface area (Å²) < 4.78 is 0.896. The van der Waals surface area contributed by atoms with E-state index >= 15 is 0 Å². The molecular formula is C16H11BrClN3O. The van der Waals surface area contributed by atoms with Crippen LogP contribution < -0.4 is 5.32 Å². The first-order valence-electron chi connectivity index (χ1n) is 6.57. The minimum Gasteiger partial charge on any atom is -0.347 e. The molecule has 0 spiro atoms. The molecule has 4 nitrogen and oxygen atoms in total. The Labute approximate surface area is 140 Å². The zero-order valence-corrected chi connectivity index (χ0v) is 13.7. The van der Waals surface area contributed by atoms with Gasteiger partial charge in [0.1, 0.15) is 5.69 Å². The van der Waals surface area contributed by atoms with Gasteiger partial charge in [-0.1, -0.05) is 45.7 Å². The zero-order chi connectivity index (χ0) is 15.5. The maximum atomic E-state index is 12.2. The third-order valence-electron chi connectivity index (χ3n) is 3.14. The lowest BCUT2D eigenvalue weighted by molar-refractivity contribution is 0.0946. The number of fused-ring (bicyclic) bond motifs is 1. The van der Waals surface area contributed by atoms with Crippen LogP contribution in [0.15, 0.2) is 53.1 Å². The molecular weight excluding hydrogens is 366 g/mol. The first-order valence-corrected chi connectivity index (χ1v) is 7.74. The molecule has 1 amide bonds. The second-order valence-electron chi connectivity index (χ2n) is 4.66.